The fraction of sp³-hybridized carbons (Fsp3) is 0.440. The Bertz CT molecular complexity index is 896. The van der Waals surface area contributed by atoms with E-state index in [1.165, 1.54) is 6.42 Å². The van der Waals surface area contributed by atoms with E-state index in [4.69, 9.17) is 16.3 Å². The quantitative estimate of drug-likeness (QED) is 0.599. The lowest BCUT2D eigenvalue weighted by Gasteiger charge is -2.34. The van der Waals surface area contributed by atoms with Crippen molar-refractivity contribution >= 4 is 23.4 Å². The normalized spacial score (nSPS) is 15.2. The second-order valence-corrected chi connectivity index (χ2v) is 8.34. The number of alkyl halides is 1. The van der Waals surface area contributed by atoms with Crippen LogP contribution in [0.5, 0.6) is 5.75 Å². The standard InChI is InChI=1S/C25H31ClN2O3/c1-18-10-6-8-14-21(18)24(25(30)27-20-12-4-3-5-13-20)28(23(29)16-26)17-19-11-7-9-15-22(19)31-2/h6-11,14-15,20,24H,3-5,12-13,16-17H2,1-2H3,(H,27,30). The van der Waals surface area contributed by atoms with Crippen LogP contribution < -0.4 is 10.1 Å². The van der Waals surface area contributed by atoms with Crippen LogP contribution in [0.2, 0.25) is 0 Å². The molecule has 2 aromatic rings. The molecule has 1 atom stereocenters. The summed E-state index contributed by atoms with van der Waals surface area (Å²) in [5.74, 6) is 0.0223. The van der Waals surface area contributed by atoms with Crippen molar-refractivity contribution in [1.82, 2.24) is 10.2 Å². The molecule has 0 bridgehead atoms. The number of carbonyl (C=O) groups excluding carboxylic acids is 2. The summed E-state index contributed by atoms with van der Waals surface area (Å²) in [6.07, 6.45) is 5.39. The van der Waals surface area contributed by atoms with E-state index in [1.807, 2.05) is 55.5 Å². The number of amides is 2. The van der Waals surface area contributed by atoms with Gasteiger partial charge in [-0.1, -0.05) is 61.7 Å². The lowest BCUT2D eigenvalue weighted by atomic mass is 9.94. The van der Waals surface area contributed by atoms with Crippen molar-refractivity contribution in [2.24, 2.45) is 0 Å². The van der Waals surface area contributed by atoms with E-state index in [0.29, 0.717) is 5.75 Å². The average Bonchev–Trinajstić information content (AvgIpc) is 2.80. The van der Waals surface area contributed by atoms with Gasteiger partial charge in [0.25, 0.3) is 0 Å². The zero-order valence-corrected chi connectivity index (χ0v) is 19.0. The van der Waals surface area contributed by atoms with Crippen molar-refractivity contribution < 1.29 is 14.3 Å². The SMILES string of the molecule is COc1ccccc1CN(C(=O)CCl)C(C(=O)NC1CCCCC1)c1ccccc1C. The van der Waals surface area contributed by atoms with Crippen LogP contribution >= 0.6 is 11.6 Å². The predicted octanol–water partition coefficient (Wildman–Crippen LogP) is 4.76. The maximum absolute atomic E-state index is 13.6. The predicted molar refractivity (Wildman–Crippen MR) is 123 cm³/mol. The van der Waals surface area contributed by atoms with Gasteiger partial charge in [0.2, 0.25) is 11.8 Å². The van der Waals surface area contributed by atoms with E-state index < -0.39 is 6.04 Å². The largest absolute Gasteiger partial charge is 0.496 e. The van der Waals surface area contributed by atoms with Gasteiger partial charge in [0.15, 0.2) is 0 Å². The molecule has 1 unspecified atom stereocenters. The first-order valence-corrected chi connectivity index (χ1v) is 11.4. The third kappa shape index (κ3) is 5.79. The molecule has 31 heavy (non-hydrogen) atoms. The van der Waals surface area contributed by atoms with Gasteiger partial charge in [0.1, 0.15) is 17.7 Å². The third-order valence-corrected chi connectivity index (χ3v) is 6.19. The van der Waals surface area contributed by atoms with Gasteiger partial charge >= 0.3 is 0 Å². The van der Waals surface area contributed by atoms with Crippen LogP contribution in [0.4, 0.5) is 0 Å². The Balaban J connectivity index is 1.99. The Labute approximate surface area is 189 Å². The van der Waals surface area contributed by atoms with Gasteiger partial charge in [-0.05, 0) is 37.0 Å². The van der Waals surface area contributed by atoms with Gasteiger partial charge in [-0.2, -0.15) is 0 Å². The maximum Gasteiger partial charge on any atom is 0.247 e. The lowest BCUT2D eigenvalue weighted by molar-refractivity contribution is -0.140. The minimum Gasteiger partial charge on any atom is -0.496 e. The number of methoxy groups -OCH3 is 1. The number of hydrogen-bond acceptors (Lipinski definition) is 3. The summed E-state index contributed by atoms with van der Waals surface area (Å²) in [4.78, 5) is 28.2. The summed E-state index contributed by atoms with van der Waals surface area (Å²) in [5.41, 5.74) is 2.59. The van der Waals surface area contributed by atoms with Crippen LogP contribution in [0.3, 0.4) is 0 Å². The molecule has 5 nitrogen and oxygen atoms in total. The van der Waals surface area contributed by atoms with Crippen molar-refractivity contribution in [3.05, 3.63) is 65.2 Å². The molecule has 0 heterocycles. The van der Waals surface area contributed by atoms with Gasteiger partial charge in [-0.3, -0.25) is 9.59 Å². The molecule has 1 fully saturated rings. The first kappa shape index (κ1) is 23.1. The number of carbonyl (C=O) groups is 2. The van der Waals surface area contributed by atoms with Gasteiger partial charge in [-0.25, -0.2) is 0 Å². The van der Waals surface area contributed by atoms with Crippen LogP contribution in [-0.4, -0.2) is 35.7 Å². The Hall–Kier alpha value is -2.53. The Morgan fingerprint density at radius 1 is 1.10 bits per heavy atom. The van der Waals surface area contributed by atoms with Crippen molar-refractivity contribution in [2.45, 2.75) is 57.7 Å². The molecule has 0 aliphatic heterocycles. The molecule has 0 radical (unpaired) electrons. The minimum atomic E-state index is -0.765. The molecule has 0 saturated heterocycles. The third-order valence-electron chi connectivity index (χ3n) is 5.96. The maximum atomic E-state index is 13.6. The Morgan fingerprint density at radius 2 is 1.77 bits per heavy atom. The number of nitrogens with zero attached hydrogens (tertiary/aromatic N) is 1. The van der Waals surface area contributed by atoms with Gasteiger partial charge in [0.05, 0.1) is 13.7 Å². The molecule has 2 amide bonds. The van der Waals surface area contributed by atoms with E-state index in [9.17, 15) is 9.59 Å². The van der Waals surface area contributed by atoms with Crippen molar-refractivity contribution in [3.63, 3.8) is 0 Å². The molecule has 0 spiro atoms. The molecule has 3 rings (SSSR count). The first-order valence-electron chi connectivity index (χ1n) is 10.9. The van der Waals surface area contributed by atoms with Crippen molar-refractivity contribution in [2.75, 3.05) is 13.0 Å². The highest BCUT2D eigenvalue weighted by molar-refractivity contribution is 6.27. The van der Waals surface area contributed by atoms with Crippen LogP contribution in [0.25, 0.3) is 0 Å². The first-order chi connectivity index (χ1) is 15.0. The van der Waals surface area contributed by atoms with E-state index >= 15 is 0 Å². The number of ether oxygens (including phenoxy) is 1. The fourth-order valence-corrected chi connectivity index (χ4v) is 4.44. The summed E-state index contributed by atoms with van der Waals surface area (Å²) in [5, 5.41) is 3.21. The molecule has 2 aromatic carbocycles. The number of benzene rings is 2. The highest BCUT2D eigenvalue weighted by Gasteiger charge is 2.33. The highest BCUT2D eigenvalue weighted by atomic mass is 35.5. The topological polar surface area (TPSA) is 58.6 Å². The summed E-state index contributed by atoms with van der Waals surface area (Å²) in [6.45, 7) is 2.19. The van der Waals surface area contributed by atoms with Crippen LogP contribution in [0.1, 0.15) is 54.8 Å². The van der Waals surface area contributed by atoms with Crippen molar-refractivity contribution in [1.29, 1.82) is 0 Å². The molecular formula is C25H31ClN2O3. The minimum absolute atomic E-state index is 0.145. The molecule has 0 aromatic heterocycles. The molecule has 1 N–H and O–H groups in total. The number of aryl methyl sites for hydroxylation is 1. The molecule has 1 saturated carbocycles. The highest BCUT2D eigenvalue weighted by Crippen LogP contribution is 2.30. The van der Waals surface area contributed by atoms with Gasteiger partial charge in [0, 0.05) is 11.6 Å². The molecule has 6 heteroatoms. The van der Waals surface area contributed by atoms with Gasteiger partial charge < -0.3 is 15.0 Å². The summed E-state index contributed by atoms with van der Waals surface area (Å²) in [6, 6.07) is 14.6. The van der Waals surface area contributed by atoms with E-state index in [1.54, 1.807) is 12.0 Å². The Kier molecular flexibility index (Phi) is 8.35. The average molecular weight is 443 g/mol. The molecule has 1 aliphatic rings. The second kappa shape index (κ2) is 11.2. The number of rotatable bonds is 8. The van der Waals surface area contributed by atoms with E-state index in [0.717, 1.165) is 42.4 Å². The molecule has 1 aliphatic carbocycles. The fourth-order valence-electron chi connectivity index (χ4n) is 4.29. The van der Waals surface area contributed by atoms with Gasteiger partial charge in [-0.15, -0.1) is 11.6 Å². The summed E-state index contributed by atoms with van der Waals surface area (Å²) in [7, 11) is 1.60. The zero-order chi connectivity index (χ0) is 22.2. The van der Waals surface area contributed by atoms with Crippen LogP contribution in [-0.2, 0) is 16.1 Å². The Morgan fingerprint density at radius 3 is 2.45 bits per heavy atom. The smallest absolute Gasteiger partial charge is 0.247 e. The number of para-hydroxylation sites is 1. The van der Waals surface area contributed by atoms with Crippen LogP contribution in [0, 0.1) is 6.92 Å². The summed E-state index contributed by atoms with van der Waals surface area (Å²) >= 11 is 6.00. The number of nitrogens with one attached hydrogen (secondary N) is 1. The number of hydrogen-bond donors (Lipinski definition) is 1. The lowest BCUT2D eigenvalue weighted by Crippen LogP contribution is -2.47. The zero-order valence-electron chi connectivity index (χ0n) is 18.3. The molecule has 166 valence electrons. The number of halogens is 1. The molecular weight excluding hydrogens is 412 g/mol. The monoisotopic (exact) mass is 442 g/mol. The van der Waals surface area contributed by atoms with Crippen molar-refractivity contribution in [3.8, 4) is 5.75 Å². The van der Waals surface area contributed by atoms with E-state index in [-0.39, 0.29) is 30.3 Å². The van der Waals surface area contributed by atoms with Crippen LogP contribution in [0.15, 0.2) is 48.5 Å². The second-order valence-electron chi connectivity index (χ2n) is 8.07. The van der Waals surface area contributed by atoms with E-state index in [2.05, 4.69) is 5.32 Å². The summed E-state index contributed by atoms with van der Waals surface area (Å²) < 4.78 is 5.48.